The molecule has 0 spiro atoms. The second-order valence-corrected chi connectivity index (χ2v) is 6.05. The summed E-state index contributed by atoms with van der Waals surface area (Å²) >= 11 is 0. The highest BCUT2D eigenvalue weighted by atomic mass is 19.1. The molecule has 1 aliphatic heterocycles. The fraction of sp³-hybridized carbons (Fsp3) is 0.444. The van der Waals surface area contributed by atoms with Crippen molar-refractivity contribution in [1.82, 2.24) is 19.8 Å². The van der Waals surface area contributed by atoms with Crippen molar-refractivity contribution in [1.29, 1.82) is 0 Å². The van der Waals surface area contributed by atoms with Gasteiger partial charge in [0, 0.05) is 38.6 Å². The van der Waals surface area contributed by atoms with Crippen LogP contribution < -0.4 is 5.32 Å². The van der Waals surface area contributed by atoms with Gasteiger partial charge in [0.25, 0.3) is 0 Å². The molecular weight excluding hydrogens is 323 g/mol. The van der Waals surface area contributed by atoms with Gasteiger partial charge >= 0.3 is 0 Å². The Bertz CT molecular complexity index is 671. The zero-order valence-corrected chi connectivity index (χ0v) is 14.1. The first-order chi connectivity index (χ1) is 12.2. The molecule has 2 heterocycles. The average molecular weight is 346 g/mol. The van der Waals surface area contributed by atoms with Crippen molar-refractivity contribution < 1.29 is 13.9 Å². The Balaban J connectivity index is 1.62. The fourth-order valence-corrected chi connectivity index (χ4v) is 3.03. The summed E-state index contributed by atoms with van der Waals surface area (Å²) in [6.45, 7) is 3.84. The third kappa shape index (κ3) is 4.87. The van der Waals surface area contributed by atoms with Gasteiger partial charge < -0.3 is 14.6 Å². The Labute approximate surface area is 146 Å². The van der Waals surface area contributed by atoms with Gasteiger partial charge in [0.05, 0.1) is 19.5 Å². The minimum atomic E-state index is -0.493. The molecule has 0 bridgehead atoms. The van der Waals surface area contributed by atoms with Crippen molar-refractivity contribution in [3.8, 4) is 0 Å². The number of hydrogen-bond donors (Lipinski definition) is 1. The summed E-state index contributed by atoms with van der Waals surface area (Å²) in [7, 11) is 0. The molecule has 25 heavy (non-hydrogen) atoms. The first-order valence-electron chi connectivity index (χ1n) is 8.55. The van der Waals surface area contributed by atoms with Crippen molar-refractivity contribution in [3.63, 3.8) is 0 Å². The number of aryl methyl sites for hydroxylation is 1. The van der Waals surface area contributed by atoms with Crippen LogP contribution in [0.1, 0.15) is 18.0 Å². The number of hydrogen-bond acceptors (Lipinski definition) is 4. The lowest BCUT2D eigenvalue weighted by Crippen LogP contribution is -2.46. The maximum absolute atomic E-state index is 13.6. The molecule has 1 aromatic carbocycles. The predicted molar refractivity (Wildman–Crippen MR) is 91.4 cm³/mol. The highest BCUT2D eigenvalue weighted by Gasteiger charge is 2.29. The van der Waals surface area contributed by atoms with Gasteiger partial charge in [0.2, 0.25) is 5.91 Å². The van der Waals surface area contributed by atoms with Gasteiger partial charge in [0.15, 0.2) is 0 Å². The van der Waals surface area contributed by atoms with Crippen LogP contribution in [0.4, 0.5) is 4.39 Å². The monoisotopic (exact) mass is 346 g/mol. The van der Waals surface area contributed by atoms with Crippen molar-refractivity contribution in [2.75, 3.05) is 32.8 Å². The summed E-state index contributed by atoms with van der Waals surface area (Å²) in [5.74, 6) is -0.429. The summed E-state index contributed by atoms with van der Waals surface area (Å²) in [6, 6.07) is 5.78. The number of morpholine rings is 1. The Morgan fingerprint density at radius 3 is 2.92 bits per heavy atom. The summed E-state index contributed by atoms with van der Waals surface area (Å²) in [4.78, 5) is 18.8. The number of carbonyl (C=O) groups excluding carboxylic acids is 1. The van der Waals surface area contributed by atoms with Crippen LogP contribution >= 0.6 is 0 Å². The molecule has 1 amide bonds. The largest absolute Gasteiger partial charge is 0.379 e. The third-order valence-electron chi connectivity index (χ3n) is 4.28. The van der Waals surface area contributed by atoms with Crippen molar-refractivity contribution in [2.24, 2.45) is 0 Å². The number of carbonyl (C=O) groups is 1. The van der Waals surface area contributed by atoms with Crippen LogP contribution in [0.25, 0.3) is 0 Å². The number of nitrogens with zero attached hydrogens (tertiary/aromatic N) is 3. The number of ether oxygens (including phenoxy) is 1. The first kappa shape index (κ1) is 17.6. The maximum atomic E-state index is 13.6. The SMILES string of the molecule is O=C(NCCCn1ccnc1)C(c1cccc(F)c1)N1CCOCC1. The molecule has 2 aromatic rings. The minimum Gasteiger partial charge on any atom is -0.379 e. The normalized spacial score (nSPS) is 16.5. The summed E-state index contributed by atoms with van der Waals surface area (Å²) in [6.07, 6.45) is 6.19. The van der Waals surface area contributed by atoms with Crippen LogP contribution in [-0.2, 0) is 16.1 Å². The Morgan fingerprint density at radius 1 is 1.36 bits per heavy atom. The van der Waals surface area contributed by atoms with E-state index in [4.69, 9.17) is 4.74 Å². The number of halogens is 1. The van der Waals surface area contributed by atoms with Crippen LogP contribution in [0.2, 0.25) is 0 Å². The topological polar surface area (TPSA) is 59.4 Å². The van der Waals surface area contributed by atoms with E-state index in [0.29, 0.717) is 38.4 Å². The molecule has 6 nitrogen and oxygen atoms in total. The van der Waals surface area contributed by atoms with Gasteiger partial charge in [-0.3, -0.25) is 9.69 Å². The zero-order chi connectivity index (χ0) is 17.5. The Morgan fingerprint density at radius 2 is 2.20 bits per heavy atom. The predicted octanol–water partition coefficient (Wildman–Crippen LogP) is 1.60. The summed E-state index contributed by atoms with van der Waals surface area (Å²) in [5, 5.41) is 2.98. The standard InChI is InChI=1S/C18H23FN4O2/c19-16-4-1-3-15(13-16)17(23-9-11-25-12-10-23)18(24)21-5-2-7-22-8-6-20-14-22/h1,3-4,6,8,13-14,17H,2,5,7,9-12H2,(H,21,24). The molecule has 0 aliphatic carbocycles. The second-order valence-electron chi connectivity index (χ2n) is 6.05. The lowest BCUT2D eigenvalue weighted by Gasteiger charge is -2.33. The number of aromatic nitrogens is 2. The van der Waals surface area contributed by atoms with Gasteiger partial charge in [-0.15, -0.1) is 0 Å². The Kier molecular flexibility index (Phi) is 6.14. The number of benzene rings is 1. The van der Waals surface area contributed by atoms with Gasteiger partial charge in [-0.1, -0.05) is 12.1 Å². The maximum Gasteiger partial charge on any atom is 0.241 e. The molecular formula is C18H23FN4O2. The molecule has 134 valence electrons. The molecule has 1 aromatic heterocycles. The Hall–Kier alpha value is -2.25. The number of nitrogens with one attached hydrogen (secondary N) is 1. The molecule has 1 fully saturated rings. The first-order valence-corrected chi connectivity index (χ1v) is 8.55. The molecule has 1 N–H and O–H groups in total. The second kappa shape index (κ2) is 8.73. The van der Waals surface area contributed by atoms with Crippen LogP contribution in [0, 0.1) is 5.82 Å². The van der Waals surface area contributed by atoms with E-state index in [1.165, 1.54) is 12.1 Å². The summed E-state index contributed by atoms with van der Waals surface area (Å²) in [5.41, 5.74) is 0.675. The van der Waals surface area contributed by atoms with Gasteiger partial charge in [-0.05, 0) is 24.1 Å². The van der Waals surface area contributed by atoms with Crippen LogP contribution in [0.5, 0.6) is 0 Å². The lowest BCUT2D eigenvalue weighted by molar-refractivity contribution is -0.128. The fourth-order valence-electron chi connectivity index (χ4n) is 3.03. The van der Waals surface area contributed by atoms with E-state index in [9.17, 15) is 9.18 Å². The van der Waals surface area contributed by atoms with Crippen molar-refractivity contribution >= 4 is 5.91 Å². The molecule has 1 aliphatic rings. The van der Waals surface area contributed by atoms with E-state index >= 15 is 0 Å². The zero-order valence-electron chi connectivity index (χ0n) is 14.1. The highest BCUT2D eigenvalue weighted by molar-refractivity contribution is 5.83. The van der Waals surface area contributed by atoms with E-state index in [-0.39, 0.29) is 11.7 Å². The smallest absolute Gasteiger partial charge is 0.241 e. The molecule has 1 unspecified atom stereocenters. The van der Waals surface area contributed by atoms with Gasteiger partial charge in [0.1, 0.15) is 11.9 Å². The van der Waals surface area contributed by atoms with Gasteiger partial charge in [-0.2, -0.15) is 0 Å². The molecule has 1 atom stereocenters. The van der Waals surface area contributed by atoms with Crippen LogP contribution in [0.15, 0.2) is 43.0 Å². The minimum absolute atomic E-state index is 0.0990. The van der Waals surface area contributed by atoms with Crippen molar-refractivity contribution in [2.45, 2.75) is 19.0 Å². The van der Waals surface area contributed by atoms with Crippen molar-refractivity contribution in [3.05, 3.63) is 54.4 Å². The third-order valence-corrected chi connectivity index (χ3v) is 4.28. The van der Waals surface area contributed by atoms with E-state index < -0.39 is 6.04 Å². The number of amides is 1. The molecule has 7 heteroatoms. The van der Waals surface area contributed by atoms with Crippen LogP contribution in [-0.4, -0.2) is 53.2 Å². The number of rotatable bonds is 7. The molecule has 0 radical (unpaired) electrons. The van der Waals surface area contributed by atoms with E-state index in [0.717, 1.165) is 13.0 Å². The molecule has 1 saturated heterocycles. The van der Waals surface area contributed by atoms with E-state index in [1.807, 2.05) is 15.7 Å². The summed E-state index contributed by atoms with van der Waals surface area (Å²) < 4.78 is 21.0. The average Bonchev–Trinajstić information content (AvgIpc) is 3.13. The lowest BCUT2D eigenvalue weighted by atomic mass is 10.0. The van der Waals surface area contributed by atoms with Gasteiger partial charge in [-0.25, -0.2) is 9.37 Å². The number of imidazole rings is 1. The van der Waals surface area contributed by atoms with E-state index in [1.54, 1.807) is 24.7 Å². The quantitative estimate of drug-likeness (QED) is 0.774. The molecule has 3 rings (SSSR count). The molecule has 0 saturated carbocycles. The van der Waals surface area contributed by atoms with Crippen LogP contribution in [0.3, 0.4) is 0 Å². The van der Waals surface area contributed by atoms with E-state index in [2.05, 4.69) is 10.3 Å². The highest BCUT2D eigenvalue weighted by Crippen LogP contribution is 2.23.